The number of hydrogen-bond acceptors (Lipinski definition) is 3. The molecule has 0 aliphatic carbocycles. The molecular weight excluding hydrogens is 290 g/mol. The van der Waals surface area contributed by atoms with Crippen molar-refractivity contribution in [2.45, 2.75) is 58.4 Å². The Morgan fingerprint density at radius 3 is 2.74 bits per heavy atom. The second kappa shape index (κ2) is 8.70. The molecule has 2 rings (SSSR count). The van der Waals surface area contributed by atoms with Crippen molar-refractivity contribution >= 4 is 12.0 Å². The summed E-state index contributed by atoms with van der Waals surface area (Å²) < 4.78 is 5.10. The van der Waals surface area contributed by atoms with Crippen molar-refractivity contribution in [1.82, 2.24) is 4.90 Å². The molecule has 23 heavy (non-hydrogen) atoms. The van der Waals surface area contributed by atoms with Crippen LogP contribution in [0.5, 0.6) is 0 Å². The van der Waals surface area contributed by atoms with Crippen molar-refractivity contribution < 1.29 is 14.3 Å². The SMILES string of the molecule is CC[C@@H](C)CCCCC(=O)N1C(=O)OC[C@@H]1Cc1ccccc1. The fourth-order valence-electron chi connectivity index (χ4n) is 2.90. The fourth-order valence-corrected chi connectivity index (χ4v) is 2.90. The fraction of sp³-hybridized carbons (Fsp3) is 0.579. The lowest BCUT2D eigenvalue weighted by Crippen LogP contribution is -2.40. The summed E-state index contributed by atoms with van der Waals surface area (Å²) in [5, 5.41) is 0. The molecule has 0 aromatic heterocycles. The third kappa shape index (κ3) is 5.08. The van der Waals surface area contributed by atoms with Crippen LogP contribution in [0.2, 0.25) is 0 Å². The average Bonchev–Trinajstić information content (AvgIpc) is 2.92. The molecule has 1 saturated heterocycles. The van der Waals surface area contributed by atoms with E-state index in [4.69, 9.17) is 4.74 Å². The van der Waals surface area contributed by atoms with Gasteiger partial charge in [0.05, 0.1) is 6.04 Å². The molecule has 0 radical (unpaired) electrons. The molecule has 0 bridgehead atoms. The zero-order valence-corrected chi connectivity index (χ0v) is 14.2. The third-order valence-corrected chi connectivity index (χ3v) is 4.58. The Bertz CT molecular complexity index is 515. The van der Waals surface area contributed by atoms with Crippen LogP contribution in [0.15, 0.2) is 30.3 Å². The summed E-state index contributed by atoms with van der Waals surface area (Å²) in [6.07, 6.45) is 4.78. The number of benzene rings is 1. The van der Waals surface area contributed by atoms with E-state index in [1.165, 1.54) is 11.3 Å². The highest BCUT2D eigenvalue weighted by Crippen LogP contribution is 2.20. The van der Waals surface area contributed by atoms with Crippen LogP contribution in [0.4, 0.5) is 4.79 Å². The number of ether oxygens (including phenoxy) is 1. The topological polar surface area (TPSA) is 46.6 Å². The quantitative estimate of drug-likeness (QED) is 0.676. The molecule has 2 atom stereocenters. The van der Waals surface area contributed by atoms with Crippen molar-refractivity contribution in [3.05, 3.63) is 35.9 Å². The number of carbonyl (C=O) groups excluding carboxylic acids is 2. The number of cyclic esters (lactones) is 1. The number of unbranched alkanes of at least 4 members (excludes halogenated alkanes) is 1. The van der Waals surface area contributed by atoms with Gasteiger partial charge in [0.1, 0.15) is 6.61 Å². The van der Waals surface area contributed by atoms with Crippen molar-refractivity contribution in [2.24, 2.45) is 5.92 Å². The maximum atomic E-state index is 12.4. The molecule has 1 heterocycles. The van der Waals surface area contributed by atoms with Crippen LogP contribution in [-0.4, -0.2) is 29.5 Å². The first kappa shape index (κ1) is 17.5. The van der Waals surface area contributed by atoms with Crippen molar-refractivity contribution in [3.8, 4) is 0 Å². The van der Waals surface area contributed by atoms with E-state index in [2.05, 4.69) is 13.8 Å². The van der Waals surface area contributed by atoms with E-state index in [9.17, 15) is 9.59 Å². The lowest BCUT2D eigenvalue weighted by atomic mass is 10.0. The third-order valence-electron chi connectivity index (χ3n) is 4.58. The molecule has 126 valence electrons. The van der Waals surface area contributed by atoms with E-state index < -0.39 is 6.09 Å². The van der Waals surface area contributed by atoms with E-state index in [0.29, 0.717) is 25.4 Å². The summed E-state index contributed by atoms with van der Waals surface area (Å²) in [5.41, 5.74) is 1.12. The van der Waals surface area contributed by atoms with E-state index >= 15 is 0 Å². The molecule has 1 aromatic carbocycles. The van der Waals surface area contributed by atoms with Gasteiger partial charge in [0.25, 0.3) is 0 Å². The number of carbonyl (C=O) groups is 2. The number of amides is 2. The molecule has 0 saturated carbocycles. The highest BCUT2D eigenvalue weighted by molar-refractivity contribution is 5.93. The van der Waals surface area contributed by atoms with Crippen LogP contribution >= 0.6 is 0 Å². The molecule has 1 aliphatic heterocycles. The molecule has 0 unspecified atom stereocenters. The van der Waals surface area contributed by atoms with E-state index in [1.54, 1.807) is 0 Å². The van der Waals surface area contributed by atoms with Crippen LogP contribution < -0.4 is 0 Å². The minimum atomic E-state index is -0.488. The molecule has 1 aromatic rings. The van der Waals surface area contributed by atoms with Gasteiger partial charge in [0, 0.05) is 6.42 Å². The van der Waals surface area contributed by atoms with Gasteiger partial charge < -0.3 is 4.74 Å². The van der Waals surface area contributed by atoms with Gasteiger partial charge in [-0.2, -0.15) is 0 Å². The number of rotatable bonds is 8. The standard InChI is InChI=1S/C19H27NO3/c1-3-15(2)9-7-8-12-18(21)20-17(14-23-19(20)22)13-16-10-5-4-6-11-16/h4-6,10-11,15,17H,3,7-9,12-14H2,1-2H3/t15-,17+/m1/s1. The Morgan fingerprint density at radius 1 is 1.30 bits per heavy atom. The zero-order chi connectivity index (χ0) is 16.7. The highest BCUT2D eigenvalue weighted by atomic mass is 16.6. The van der Waals surface area contributed by atoms with Crippen LogP contribution in [0.3, 0.4) is 0 Å². The smallest absolute Gasteiger partial charge is 0.416 e. The van der Waals surface area contributed by atoms with Crippen molar-refractivity contribution in [2.75, 3.05) is 6.61 Å². The molecule has 0 spiro atoms. The highest BCUT2D eigenvalue weighted by Gasteiger charge is 2.37. The number of nitrogens with zero attached hydrogens (tertiary/aromatic N) is 1. The van der Waals surface area contributed by atoms with E-state index in [1.807, 2.05) is 30.3 Å². The molecule has 1 fully saturated rings. The largest absolute Gasteiger partial charge is 0.447 e. The van der Waals surface area contributed by atoms with E-state index in [0.717, 1.165) is 24.8 Å². The summed E-state index contributed by atoms with van der Waals surface area (Å²) in [6.45, 7) is 4.71. The Hall–Kier alpha value is -1.84. The lowest BCUT2D eigenvalue weighted by molar-refractivity contribution is -0.129. The van der Waals surface area contributed by atoms with Gasteiger partial charge in [-0.3, -0.25) is 4.79 Å². The van der Waals surface area contributed by atoms with Crippen molar-refractivity contribution in [3.63, 3.8) is 0 Å². The van der Waals surface area contributed by atoms with Gasteiger partial charge in [-0.1, -0.05) is 63.4 Å². The maximum absolute atomic E-state index is 12.4. The van der Waals surface area contributed by atoms with Gasteiger partial charge in [-0.15, -0.1) is 0 Å². The summed E-state index contributed by atoms with van der Waals surface area (Å²) >= 11 is 0. The Labute approximate surface area is 138 Å². The number of imide groups is 1. The van der Waals surface area contributed by atoms with Crippen molar-refractivity contribution in [1.29, 1.82) is 0 Å². The summed E-state index contributed by atoms with van der Waals surface area (Å²) in [5.74, 6) is 0.602. The zero-order valence-electron chi connectivity index (χ0n) is 14.2. The van der Waals surface area contributed by atoms with Gasteiger partial charge in [0.2, 0.25) is 5.91 Å². The van der Waals surface area contributed by atoms with Crippen LogP contribution in [0, 0.1) is 5.92 Å². The molecular formula is C19H27NO3. The molecule has 4 nitrogen and oxygen atoms in total. The molecule has 2 amide bonds. The monoisotopic (exact) mass is 317 g/mol. The van der Waals surface area contributed by atoms with Crippen LogP contribution in [0.1, 0.15) is 51.5 Å². The second-order valence-corrected chi connectivity index (χ2v) is 6.44. The first-order valence-electron chi connectivity index (χ1n) is 8.64. The first-order chi connectivity index (χ1) is 11.1. The Morgan fingerprint density at radius 2 is 2.04 bits per heavy atom. The van der Waals surface area contributed by atoms with Gasteiger partial charge in [-0.05, 0) is 24.3 Å². The minimum Gasteiger partial charge on any atom is -0.447 e. The van der Waals surface area contributed by atoms with E-state index in [-0.39, 0.29) is 11.9 Å². The second-order valence-electron chi connectivity index (χ2n) is 6.44. The predicted molar refractivity (Wildman–Crippen MR) is 90.1 cm³/mol. The van der Waals surface area contributed by atoms with Gasteiger partial charge >= 0.3 is 6.09 Å². The summed E-state index contributed by atoms with van der Waals surface area (Å²) in [4.78, 5) is 25.6. The Kier molecular flexibility index (Phi) is 6.63. The normalized spacial score (nSPS) is 18.8. The molecule has 1 aliphatic rings. The minimum absolute atomic E-state index is 0.0995. The molecule has 0 N–H and O–H groups in total. The lowest BCUT2D eigenvalue weighted by Gasteiger charge is -2.19. The van der Waals surface area contributed by atoms with Crippen LogP contribution in [0.25, 0.3) is 0 Å². The van der Waals surface area contributed by atoms with Crippen LogP contribution in [-0.2, 0) is 16.0 Å². The number of hydrogen-bond donors (Lipinski definition) is 0. The Balaban J connectivity index is 1.85. The predicted octanol–water partition coefficient (Wildman–Crippen LogP) is 4.18. The first-order valence-corrected chi connectivity index (χ1v) is 8.64. The van der Waals surface area contributed by atoms with Gasteiger partial charge in [0.15, 0.2) is 0 Å². The molecule has 4 heteroatoms. The summed E-state index contributed by atoms with van der Waals surface area (Å²) in [6, 6.07) is 9.74. The van der Waals surface area contributed by atoms with Gasteiger partial charge in [-0.25, -0.2) is 9.69 Å². The average molecular weight is 317 g/mol. The summed E-state index contributed by atoms with van der Waals surface area (Å²) in [7, 11) is 0. The maximum Gasteiger partial charge on any atom is 0.416 e.